The Hall–Kier alpha value is -1.39. The zero-order valence-corrected chi connectivity index (χ0v) is 10.2. The van der Waals surface area contributed by atoms with E-state index in [1.165, 1.54) is 10.4 Å². The average Bonchev–Trinajstić information content (AvgIpc) is 2.81. The Labute approximate surface area is 104 Å². The molecular formula is C13H13NO2S. The predicted octanol–water partition coefficient (Wildman–Crippen LogP) is 2.55. The lowest BCUT2D eigenvalue weighted by Crippen LogP contribution is -2.36. The first kappa shape index (κ1) is 10.7. The Kier molecular flexibility index (Phi) is 2.82. The van der Waals surface area contributed by atoms with Crippen LogP contribution in [0.3, 0.4) is 0 Å². The number of nitrogens with zero attached hydrogens (tertiary/aromatic N) is 1. The molecule has 3 nitrogen and oxygen atoms in total. The standard InChI is InChI=1S/C13H13NO2S/c15-8-10-9-17-13-2-1-11(7-12(10)13)14-3-5-16-6-4-14/h1-2,7-9H,3-6H2. The summed E-state index contributed by atoms with van der Waals surface area (Å²) in [6.07, 6.45) is 0.932. The molecule has 0 bridgehead atoms. The Morgan fingerprint density at radius 1 is 1.29 bits per heavy atom. The second-order valence-corrected chi connectivity index (χ2v) is 5.00. The number of rotatable bonds is 2. The van der Waals surface area contributed by atoms with Gasteiger partial charge in [0.15, 0.2) is 6.29 Å². The summed E-state index contributed by atoms with van der Waals surface area (Å²) in [5, 5.41) is 2.98. The van der Waals surface area contributed by atoms with Crippen LogP contribution < -0.4 is 4.90 Å². The molecule has 0 radical (unpaired) electrons. The van der Waals surface area contributed by atoms with Crippen LogP contribution >= 0.6 is 11.3 Å². The van der Waals surface area contributed by atoms with Crippen molar-refractivity contribution in [2.24, 2.45) is 0 Å². The summed E-state index contributed by atoms with van der Waals surface area (Å²) >= 11 is 1.62. The van der Waals surface area contributed by atoms with Crippen molar-refractivity contribution >= 4 is 33.4 Å². The lowest BCUT2D eigenvalue weighted by atomic mass is 10.1. The third-order valence-electron chi connectivity index (χ3n) is 3.09. The molecule has 0 N–H and O–H groups in total. The van der Waals surface area contributed by atoms with Crippen molar-refractivity contribution in [3.63, 3.8) is 0 Å². The monoisotopic (exact) mass is 247 g/mol. The van der Waals surface area contributed by atoms with E-state index >= 15 is 0 Å². The highest BCUT2D eigenvalue weighted by Crippen LogP contribution is 2.29. The Morgan fingerprint density at radius 3 is 2.88 bits per heavy atom. The van der Waals surface area contributed by atoms with Gasteiger partial charge in [-0.05, 0) is 18.2 Å². The number of carbonyl (C=O) groups excluding carboxylic acids is 1. The van der Waals surface area contributed by atoms with Crippen molar-refractivity contribution in [1.29, 1.82) is 0 Å². The van der Waals surface area contributed by atoms with Gasteiger partial charge >= 0.3 is 0 Å². The fourth-order valence-corrected chi connectivity index (χ4v) is 3.03. The molecule has 2 heterocycles. The molecule has 0 saturated carbocycles. The van der Waals surface area contributed by atoms with E-state index in [-0.39, 0.29) is 0 Å². The van der Waals surface area contributed by atoms with Crippen LogP contribution in [0, 0.1) is 0 Å². The minimum atomic E-state index is 0.780. The second-order valence-electron chi connectivity index (χ2n) is 4.09. The molecule has 1 saturated heterocycles. The SMILES string of the molecule is O=Cc1csc2ccc(N3CCOCC3)cc12. The quantitative estimate of drug-likeness (QED) is 0.764. The van der Waals surface area contributed by atoms with Gasteiger partial charge < -0.3 is 9.64 Å². The highest BCUT2D eigenvalue weighted by molar-refractivity contribution is 7.17. The normalized spacial score (nSPS) is 16.4. The maximum Gasteiger partial charge on any atom is 0.151 e. The fraction of sp³-hybridized carbons (Fsp3) is 0.308. The Bertz CT molecular complexity index is 543. The van der Waals surface area contributed by atoms with Gasteiger partial charge in [0.05, 0.1) is 13.2 Å². The van der Waals surface area contributed by atoms with Crippen LogP contribution in [-0.4, -0.2) is 32.6 Å². The van der Waals surface area contributed by atoms with Gasteiger partial charge in [-0.25, -0.2) is 0 Å². The molecule has 88 valence electrons. The van der Waals surface area contributed by atoms with E-state index in [0.29, 0.717) is 0 Å². The summed E-state index contributed by atoms with van der Waals surface area (Å²) in [4.78, 5) is 13.2. The van der Waals surface area contributed by atoms with Gasteiger partial charge in [-0.2, -0.15) is 0 Å². The number of anilines is 1. The Morgan fingerprint density at radius 2 is 2.12 bits per heavy atom. The molecule has 1 fully saturated rings. The summed E-state index contributed by atoms with van der Waals surface area (Å²) in [6, 6.07) is 6.33. The first-order chi connectivity index (χ1) is 8.38. The van der Waals surface area contributed by atoms with Crippen LogP contribution in [0.1, 0.15) is 10.4 Å². The van der Waals surface area contributed by atoms with Crippen LogP contribution in [-0.2, 0) is 4.74 Å². The first-order valence-electron chi connectivity index (χ1n) is 5.67. The molecule has 1 aromatic carbocycles. The molecule has 1 aliphatic heterocycles. The van der Waals surface area contributed by atoms with Crippen molar-refractivity contribution in [2.45, 2.75) is 0 Å². The van der Waals surface area contributed by atoms with Gasteiger partial charge in [-0.3, -0.25) is 4.79 Å². The van der Waals surface area contributed by atoms with Crippen molar-refractivity contribution < 1.29 is 9.53 Å². The molecule has 0 aliphatic carbocycles. The zero-order valence-electron chi connectivity index (χ0n) is 9.39. The summed E-state index contributed by atoms with van der Waals surface area (Å²) in [5.74, 6) is 0. The van der Waals surface area contributed by atoms with E-state index < -0.39 is 0 Å². The molecule has 1 aliphatic rings. The smallest absolute Gasteiger partial charge is 0.151 e. The summed E-state index contributed by atoms with van der Waals surface area (Å²) in [7, 11) is 0. The zero-order chi connectivity index (χ0) is 11.7. The van der Waals surface area contributed by atoms with Gasteiger partial charge in [0, 0.05) is 39.8 Å². The average molecular weight is 247 g/mol. The van der Waals surface area contributed by atoms with Gasteiger partial charge in [0.2, 0.25) is 0 Å². The predicted molar refractivity (Wildman–Crippen MR) is 70.2 cm³/mol. The fourth-order valence-electron chi connectivity index (χ4n) is 2.15. The molecular weight excluding hydrogens is 234 g/mol. The number of aldehydes is 1. The molecule has 0 spiro atoms. The van der Waals surface area contributed by atoms with E-state index in [0.717, 1.165) is 43.5 Å². The van der Waals surface area contributed by atoms with Gasteiger partial charge in [-0.1, -0.05) is 0 Å². The molecule has 0 amide bonds. The largest absolute Gasteiger partial charge is 0.378 e. The second kappa shape index (κ2) is 4.47. The number of fused-ring (bicyclic) bond motifs is 1. The van der Waals surface area contributed by atoms with Crippen molar-refractivity contribution in [2.75, 3.05) is 31.2 Å². The topological polar surface area (TPSA) is 29.5 Å². The molecule has 2 aromatic rings. The third kappa shape index (κ3) is 1.94. The van der Waals surface area contributed by atoms with Gasteiger partial charge in [0.1, 0.15) is 0 Å². The number of carbonyl (C=O) groups is 1. The number of hydrogen-bond donors (Lipinski definition) is 0. The molecule has 4 heteroatoms. The lowest BCUT2D eigenvalue weighted by molar-refractivity contribution is 0.112. The minimum Gasteiger partial charge on any atom is -0.378 e. The maximum atomic E-state index is 10.9. The van der Waals surface area contributed by atoms with Crippen molar-refractivity contribution in [1.82, 2.24) is 0 Å². The summed E-state index contributed by atoms with van der Waals surface area (Å²) < 4.78 is 6.51. The van der Waals surface area contributed by atoms with E-state index in [1.807, 2.05) is 5.38 Å². The molecule has 17 heavy (non-hydrogen) atoms. The van der Waals surface area contributed by atoms with Crippen LogP contribution in [0.2, 0.25) is 0 Å². The molecule has 1 aromatic heterocycles. The highest BCUT2D eigenvalue weighted by Gasteiger charge is 2.12. The van der Waals surface area contributed by atoms with Gasteiger partial charge in [-0.15, -0.1) is 11.3 Å². The van der Waals surface area contributed by atoms with Gasteiger partial charge in [0.25, 0.3) is 0 Å². The summed E-state index contributed by atoms with van der Waals surface area (Å²) in [6.45, 7) is 3.41. The van der Waals surface area contributed by atoms with E-state index in [1.54, 1.807) is 11.3 Å². The lowest BCUT2D eigenvalue weighted by Gasteiger charge is -2.28. The van der Waals surface area contributed by atoms with E-state index in [2.05, 4.69) is 23.1 Å². The molecule has 0 unspecified atom stereocenters. The van der Waals surface area contributed by atoms with Crippen LogP contribution in [0.15, 0.2) is 23.6 Å². The Balaban J connectivity index is 2.01. The summed E-state index contributed by atoms with van der Waals surface area (Å²) in [5.41, 5.74) is 1.97. The third-order valence-corrected chi connectivity index (χ3v) is 4.07. The molecule has 3 rings (SSSR count). The number of morpholine rings is 1. The number of hydrogen-bond acceptors (Lipinski definition) is 4. The number of benzene rings is 1. The highest BCUT2D eigenvalue weighted by atomic mass is 32.1. The number of ether oxygens (including phenoxy) is 1. The van der Waals surface area contributed by atoms with Crippen molar-refractivity contribution in [3.05, 3.63) is 29.1 Å². The number of thiophene rings is 1. The molecule has 0 atom stereocenters. The minimum absolute atomic E-state index is 0.780. The first-order valence-corrected chi connectivity index (χ1v) is 6.55. The van der Waals surface area contributed by atoms with E-state index in [4.69, 9.17) is 4.74 Å². The van der Waals surface area contributed by atoms with Crippen LogP contribution in [0.5, 0.6) is 0 Å². The van der Waals surface area contributed by atoms with Crippen molar-refractivity contribution in [3.8, 4) is 0 Å². The van der Waals surface area contributed by atoms with E-state index in [9.17, 15) is 4.79 Å². The van der Waals surface area contributed by atoms with Crippen LogP contribution in [0.25, 0.3) is 10.1 Å². The van der Waals surface area contributed by atoms with Crippen LogP contribution in [0.4, 0.5) is 5.69 Å². The maximum absolute atomic E-state index is 10.9.